The summed E-state index contributed by atoms with van der Waals surface area (Å²) in [5.74, 6) is -1.19. The average Bonchev–Trinajstić information content (AvgIpc) is 2.68. The molecule has 2 amide bonds. The normalized spacial score (nSPS) is 11.0. The number of nitrogens with two attached hydrogens (primary N) is 2. The fourth-order valence-electron chi connectivity index (χ4n) is 2.94. The number of phenolic OH excluding ortho intramolecular Hbond substituents is 1. The van der Waals surface area contributed by atoms with E-state index in [0.29, 0.717) is 6.54 Å². The minimum Gasteiger partial charge on any atom is -0.508 e. The summed E-state index contributed by atoms with van der Waals surface area (Å²) in [6.07, 6.45) is 10.8. The third kappa shape index (κ3) is 9.30. The molecule has 0 saturated carbocycles. The van der Waals surface area contributed by atoms with E-state index >= 15 is 0 Å². The number of imide groups is 1. The summed E-state index contributed by atoms with van der Waals surface area (Å²) in [4.78, 5) is 24.7. The second-order valence-corrected chi connectivity index (χ2v) is 7.14. The van der Waals surface area contributed by atoms with E-state index in [2.05, 4.69) is 12.3 Å². The first-order valence-electron chi connectivity index (χ1n) is 10.4. The van der Waals surface area contributed by atoms with E-state index in [-0.39, 0.29) is 11.3 Å². The van der Waals surface area contributed by atoms with Crippen molar-refractivity contribution in [2.24, 2.45) is 11.5 Å². The highest BCUT2D eigenvalue weighted by Crippen LogP contribution is 2.12. The maximum atomic E-state index is 12.6. The van der Waals surface area contributed by atoms with Crippen LogP contribution in [0, 0.1) is 0 Å². The highest BCUT2D eigenvalue weighted by atomic mass is 16.3. The molecule has 0 spiro atoms. The molecular formula is C21H36N4O3. The number of benzene rings is 1. The summed E-state index contributed by atoms with van der Waals surface area (Å²) < 4.78 is 0. The molecule has 7 nitrogen and oxygen atoms in total. The van der Waals surface area contributed by atoms with Crippen LogP contribution in [0.2, 0.25) is 0 Å². The molecule has 0 aliphatic rings. The molecule has 0 fully saturated rings. The maximum Gasteiger partial charge on any atom is 0.275 e. The lowest BCUT2D eigenvalue weighted by atomic mass is 10.1. The van der Waals surface area contributed by atoms with Gasteiger partial charge in [-0.25, -0.2) is 10.4 Å². The average molecular weight is 393 g/mol. The quantitative estimate of drug-likeness (QED) is 0.219. The number of hydrazine groups is 1. The minimum absolute atomic E-state index is 0.0447. The van der Waals surface area contributed by atoms with Crippen molar-refractivity contribution in [3.63, 3.8) is 0 Å². The second kappa shape index (κ2) is 14.1. The van der Waals surface area contributed by atoms with E-state index in [4.69, 9.17) is 11.5 Å². The Morgan fingerprint density at radius 3 is 1.93 bits per heavy atom. The number of nitrogens with zero attached hydrogens (tertiary/aromatic N) is 1. The fraction of sp³-hybridized carbons (Fsp3) is 0.619. The number of nitrogens with one attached hydrogen (secondary N) is 1. The number of hydrogen-bond acceptors (Lipinski definition) is 6. The molecule has 1 rings (SSSR count). The summed E-state index contributed by atoms with van der Waals surface area (Å²) in [5.41, 5.74) is 14.0. The summed E-state index contributed by atoms with van der Waals surface area (Å²) in [5, 5.41) is 10.2. The molecule has 0 atom stereocenters. The zero-order chi connectivity index (χ0) is 20.8. The summed E-state index contributed by atoms with van der Waals surface area (Å²) in [7, 11) is 0. The van der Waals surface area contributed by atoms with Crippen LogP contribution in [-0.2, 0) is 4.79 Å². The molecular weight excluding hydrogens is 356 g/mol. The molecule has 28 heavy (non-hydrogen) atoms. The molecule has 0 saturated heterocycles. The first kappa shape index (κ1) is 24.1. The van der Waals surface area contributed by atoms with E-state index in [0.717, 1.165) is 24.3 Å². The number of amides is 2. The number of unbranched alkanes of at least 4 members (excludes halogenated alkanes) is 9. The van der Waals surface area contributed by atoms with Gasteiger partial charge >= 0.3 is 0 Å². The van der Waals surface area contributed by atoms with Gasteiger partial charge in [0.25, 0.3) is 11.8 Å². The van der Waals surface area contributed by atoms with Crippen molar-refractivity contribution >= 4 is 11.8 Å². The first-order valence-corrected chi connectivity index (χ1v) is 10.4. The Morgan fingerprint density at radius 2 is 1.43 bits per heavy atom. The van der Waals surface area contributed by atoms with Crippen LogP contribution in [0.3, 0.4) is 0 Å². The van der Waals surface area contributed by atoms with Crippen molar-refractivity contribution < 1.29 is 14.7 Å². The fourth-order valence-corrected chi connectivity index (χ4v) is 2.94. The lowest BCUT2D eigenvalue weighted by Gasteiger charge is -2.23. The number of aromatic hydroxyl groups is 1. The summed E-state index contributed by atoms with van der Waals surface area (Å²) in [6.45, 7) is 2.71. The van der Waals surface area contributed by atoms with Crippen molar-refractivity contribution in [2.45, 2.75) is 77.3 Å². The van der Waals surface area contributed by atoms with Crippen LogP contribution < -0.4 is 16.9 Å². The number of phenols is 1. The second-order valence-electron chi connectivity index (χ2n) is 7.14. The monoisotopic (exact) mass is 392 g/mol. The Balaban J connectivity index is 2.34. The van der Waals surface area contributed by atoms with E-state index in [9.17, 15) is 14.7 Å². The molecule has 0 radical (unpaired) electrons. The SMILES string of the molecule is CCCCCCCCCCCCNN(C(=O)c1ccc(O)cc1)C(=O)C(N)N. The third-order valence-corrected chi connectivity index (χ3v) is 4.62. The Morgan fingerprint density at radius 1 is 0.929 bits per heavy atom. The maximum absolute atomic E-state index is 12.6. The van der Waals surface area contributed by atoms with Gasteiger partial charge in [-0.15, -0.1) is 0 Å². The Bertz CT molecular complexity index is 576. The van der Waals surface area contributed by atoms with Gasteiger partial charge in [0, 0.05) is 12.1 Å². The largest absolute Gasteiger partial charge is 0.508 e. The highest BCUT2D eigenvalue weighted by molar-refractivity contribution is 6.05. The number of hydrogen-bond donors (Lipinski definition) is 4. The van der Waals surface area contributed by atoms with Gasteiger partial charge in [-0.3, -0.25) is 9.59 Å². The summed E-state index contributed by atoms with van der Waals surface area (Å²) >= 11 is 0. The smallest absolute Gasteiger partial charge is 0.275 e. The van der Waals surface area contributed by atoms with Crippen molar-refractivity contribution in [2.75, 3.05) is 6.54 Å². The predicted octanol–water partition coefficient (Wildman–Crippen LogP) is 3.03. The Labute approximate surface area is 168 Å². The molecule has 6 N–H and O–H groups in total. The molecule has 158 valence electrons. The molecule has 0 heterocycles. The summed E-state index contributed by atoms with van der Waals surface area (Å²) in [6, 6.07) is 5.67. The lowest BCUT2D eigenvalue weighted by molar-refractivity contribution is -0.132. The van der Waals surface area contributed by atoms with Crippen LogP contribution >= 0.6 is 0 Å². The lowest BCUT2D eigenvalue weighted by Crippen LogP contribution is -2.56. The van der Waals surface area contributed by atoms with Gasteiger partial charge in [-0.05, 0) is 30.7 Å². The number of rotatable bonds is 14. The van der Waals surface area contributed by atoms with E-state index in [1.807, 2.05) is 0 Å². The van der Waals surface area contributed by atoms with Gasteiger partial charge in [0.2, 0.25) is 0 Å². The van der Waals surface area contributed by atoms with Crippen LogP contribution in [0.25, 0.3) is 0 Å². The molecule has 0 bridgehead atoms. The zero-order valence-electron chi connectivity index (χ0n) is 17.0. The molecule has 0 unspecified atom stereocenters. The Hall–Kier alpha value is -1.96. The number of carbonyl (C=O) groups is 2. The Kier molecular flexibility index (Phi) is 12.1. The van der Waals surface area contributed by atoms with E-state index < -0.39 is 18.0 Å². The molecule has 1 aromatic carbocycles. The highest BCUT2D eigenvalue weighted by Gasteiger charge is 2.25. The van der Waals surface area contributed by atoms with Gasteiger partial charge in [0.1, 0.15) is 11.9 Å². The van der Waals surface area contributed by atoms with Crippen molar-refractivity contribution in [1.29, 1.82) is 0 Å². The minimum atomic E-state index is -1.28. The van der Waals surface area contributed by atoms with Gasteiger partial charge in [0.15, 0.2) is 0 Å². The number of carbonyl (C=O) groups excluding carboxylic acids is 2. The van der Waals surface area contributed by atoms with Gasteiger partial charge in [0.05, 0.1) is 0 Å². The topological polar surface area (TPSA) is 122 Å². The first-order chi connectivity index (χ1) is 13.5. The van der Waals surface area contributed by atoms with Gasteiger partial charge in [-0.1, -0.05) is 64.7 Å². The zero-order valence-corrected chi connectivity index (χ0v) is 17.0. The molecule has 0 aliphatic carbocycles. The standard InChI is InChI=1S/C21H36N4O3/c1-2-3-4-5-6-7-8-9-10-11-16-24-25(21(28)19(22)23)20(27)17-12-14-18(26)15-13-17/h12-15,19,24,26H,2-11,16,22-23H2,1H3. The van der Waals surface area contributed by atoms with Crippen LogP contribution in [0.5, 0.6) is 5.75 Å². The predicted molar refractivity (Wildman–Crippen MR) is 111 cm³/mol. The van der Waals surface area contributed by atoms with Gasteiger partial charge < -0.3 is 16.6 Å². The van der Waals surface area contributed by atoms with Crippen LogP contribution in [0.4, 0.5) is 0 Å². The van der Waals surface area contributed by atoms with E-state index in [1.54, 1.807) is 0 Å². The molecule has 0 aliphatic heterocycles. The van der Waals surface area contributed by atoms with Crippen LogP contribution in [0.1, 0.15) is 81.5 Å². The molecule has 1 aromatic rings. The van der Waals surface area contributed by atoms with Gasteiger partial charge in [-0.2, -0.15) is 0 Å². The van der Waals surface area contributed by atoms with Crippen LogP contribution in [0.15, 0.2) is 24.3 Å². The molecule has 7 heteroatoms. The van der Waals surface area contributed by atoms with Crippen molar-refractivity contribution in [1.82, 2.24) is 10.4 Å². The third-order valence-electron chi connectivity index (χ3n) is 4.62. The van der Waals surface area contributed by atoms with Crippen molar-refractivity contribution in [3.05, 3.63) is 29.8 Å². The van der Waals surface area contributed by atoms with Crippen molar-refractivity contribution in [3.8, 4) is 5.75 Å². The van der Waals surface area contributed by atoms with E-state index in [1.165, 1.54) is 69.2 Å². The molecule has 0 aromatic heterocycles. The van der Waals surface area contributed by atoms with Crippen LogP contribution in [-0.4, -0.2) is 34.6 Å².